The van der Waals surface area contributed by atoms with E-state index in [2.05, 4.69) is 15.3 Å². The van der Waals surface area contributed by atoms with Crippen LogP contribution in [0.25, 0.3) is 0 Å². The van der Waals surface area contributed by atoms with Gasteiger partial charge < -0.3 is 10.4 Å². The van der Waals surface area contributed by atoms with Crippen molar-refractivity contribution < 1.29 is 5.11 Å². The molecule has 0 spiro atoms. The van der Waals surface area contributed by atoms with Crippen molar-refractivity contribution in [3.63, 3.8) is 0 Å². The molecule has 0 aliphatic heterocycles. The van der Waals surface area contributed by atoms with Gasteiger partial charge in [-0.1, -0.05) is 11.6 Å². The van der Waals surface area contributed by atoms with Crippen molar-refractivity contribution in [1.82, 2.24) is 9.97 Å². The molecule has 0 aromatic carbocycles. The minimum Gasteiger partial charge on any atom is -0.395 e. The van der Waals surface area contributed by atoms with Gasteiger partial charge in [-0.05, 0) is 26.0 Å². The van der Waals surface area contributed by atoms with E-state index in [-0.39, 0.29) is 17.9 Å². The molecule has 1 heterocycles. The predicted octanol–water partition coefficient (Wildman–Crippen LogP) is 2.53. The molecule has 2 unspecified atom stereocenters. The van der Waals surface area contributed by atoms with Crippen LogP contribution in [0.2, 0.25) is 5.15 Å². The predicted molar refractivity (Wildman–Crippen MR) is 76.5 cm³/mol. The summed E-state index contributed by atoms with van der Waals surface area (Å²) in [6.45, 7) is 2.17. The highest BCUT2D eigenvalue weighted by Gasteiger charge is 2.27. The van der Waals surface area contributed by atoms with Crippen LogP contribution < -0.4 is 5.32 Å². The molecule has 0 bridgehead atoms. The molecule has 1 aromatic heterocycles. The summed E-state index contributed by atoms with van der Waals surface area (Å²) >= 11 is 7.64. The average Bonchev–Trinajstić information content (AvgIpc) is 3.13. The van der Waals surface area contributed by atoms with Crippen molar-refractivity contribution in [2.24, 2.45) is 0 Å². The normalized spacial score (nSPS) is 18.4. The highest BCUT2D eigenvalue weighted by Crippen LogP contribution is 2.38. The summed E-state index contributed by atoms with van der Waals surface area (Å²) in [6, 6.07) is 1.86. The summed E-state index contributed by atoms with van der Waals surface area (Å²) in [5, 5.41) is 13.2. The Morgan fingerprint density at radius 2 is 2.28 bits per heavy atom. The van der Waals surface area contributed by atoms with E-state index in [0.29, 0.717) is 11.1 Å². The van der Waals surface area contributed by atoms with E-state index in [1.165, 1.54) is 0 Å². The van der Waals surface area contributed by atoms with Gasteiger partial charge in [-0.2, -0.15) is 11.8 Å². The van der Waals surface area contributed by atoms with Crippen LogP contribution in [0.5, 0.6) is 0 Å². The Balaban J connectivity index is 2.08. The maximum absolute atomic E-state index is 9.26. The Morgan fingerprint density at radius 1 is 1.56 bits per heavy atom. The molecule has 6 heteroatoms. The van der Waals surface area contributed by atoms with Gasteiger partial charge in [0.15, 0.2) is 0 Å². The molecule has 0 radical (unpaired) electrons. The number of nitrogens with one attached hydrogen (secondary N) is 1. The number of halogens is 1. The first-order valence-electron chi connectivity index (χ1n) is 6.08. The lowest BCUT2D eigenvalue weighted by Crippen LogP contribution is -2.31. The molecular formula is C12H18ClN3OS. The number of aromatic nitrogens is 2. The first-order valence-corrected chi connectivity index (χ1v) is 7.75. The van der Waals surface area contributed by atoms with Gasteiger partial charge in [-0.3, -0.25) is 0 Å². The number of nitrogens with zero attached hydrogens (tertiary/aromatic N) is 2. The molecule has 0 saturated heterocycles. The van der Waals surface area contributed by atoms with Crippen LogP contribution in [0.4, 0.5) is 5.82 Å². The molecule has 2 atom stereocenters. The summed E-state index contributed by atoms with van der Waals surface area (Å²) < 4.78 is 0. The number of anilines is 1. The van der Waals surface area contributed by atoms with Crippen LogP contribution in [-0.4, -0.2) is 39.2 Å². The highest BCUT2D eigenvalue weighted by molar-refractivity contribution is 7.99. The SMILES string of the molecule is CSC(CO)C(C)Nc1cc(Cl)nc(C2CC2)n1. The maximum Gasteiger partial charge on any atom is 0.135 e. The van der Waals surface area contributed by atoms with Gasteiger partial charge in [0.25, 0.3) is 0 Å². The summed E-state index contributed by atoms with van der Waals surface area (Å²) in [6.07, 6.45) is 4.29. The lowest BCUT2D eigenvalue weighted by molar-refractivity contribution is 0.288. The summed E-state index contributed by atoms with van der Waals surface area (Å²) in [7, 11) is 0. The zero-order valence-electron chi connectivity index (χ0n) is 10.6. The molecule has 0 amide bonds. The van der Waals surface area contributed by atoms with Gasteiger partial charge in [-0.25, -0.2) is 9.97 Å². The summed E-state index contributed by atoms with van der Waals surface area (Å²) in [5.74, 6) is 2.06. The van der Waals surface area contributed by atoms with E-state index in [0.717, 1.165) is 24.5 Å². The van der Waals surface area contributed by atoms with Crippen LogP contribution in [0.3, 0.4) is 0 Å². The fraction of sp³-hybridized carbons (Fsp3) is 0.667. The first-order chi connectivity index (χ1) is 8.63. The number of aliphatic hydroxyl groups is 1. The third-order valence-electron chi connectivity index (χ3n) is 3.07. The molecule has 2 rings (SSSR count). The molecule has 2 N–H and O–H groups in total. The standard InChI is InChI=1S/C12H18ClN3OS/c1-7(9(6-17)18-2)14-11-5-10(13)15-12(16-11)8-3-4-8/h5,7-9,17H,3-4,6H2,1-2H3,(H,14,15,16). The van der Waals surface area contributed by atoms with Crippen molar-refractivity contribution in [3.05, 3.63) is 17.0 Å². The third-order valence-corrected chi connectivity index (χ3v) is 4.43. The molecule has 1 aliphatic carbocycles. The minimum absolute atomic E-state index is 0.128. The quantitative estimate of drug-likeness (QED) is 0.788. The maximum atomic E-state index is 9.26. The van der Waals surface area contributed by atoms with E-state index in [1.807, 2.05) is 13.2 Å². The van der Waals surface area contributed by atoms with Gasteiger partial charge in [0.05, 0.1) is 6.61 Å². The molecule has 1 aromatic rings. The monoisotopic (exact) mass is 287 g/mol. The zero-order chi connectivity index (χ0) is 13.1. The number of rotatable bonds is 6. The Hall–Kier alpha value is -0.520. The number of hydrogen-bond acceptors (Lipinski definition) is 5. The zero-order valence-corrected chi connectivity index (χ0v) is 12.1. The molecule has 1 fully saturated rings. The molecule has 18 heavy (non-hydrogen) atoms. The second-order valence-electron chi connectivity index (χ2n) is 4.60. The topological polar surface area (TPSA) is 58.0 Å². The van der Waals surface area contributed by atoms with Gasteiger partial charge >= 0.3 is 0 Å². The Morgan fingerprint density at radius 3 is 2.83 bits per heavy atom. The third kappa shape index (κ3) is 3.49. The Kier molecular flexibility index (Phi) is 4.70. The minimum atomic E-state index is 0.128. The lowest BCUT2D eigenvalue weighted by atomic mass is 10.2. The van der Waals surface area contributed by atoms with Gasteiger partial charge in [0, 0.05) is 23.3 Å². The van der Waals surface area contributed by atoms with Crippen molar-refractivity contribution >= 4 is 29.2 Å². The molecular weight excluding hydrogens is 270 g/mol. The highest BCUT2D eigenvalue weighted by atomic mass is 35.5. The summed E-state index contributed by atoms with van der Waals surface area (Å²) in [4.78, 5) is 8.74. The van der Waals surface area contributed by atoms with Gasteiger partial charge in [0.2, 0.25) is 0 Å². The van der Waals surface area contributed by atoms with Crippen LogP contribution in [0.15, 0.2) is 6.07 Å². The van der Waals surface area contributed by atoms with E-state index in [9.17, 15) is 5.11 Å². The first kappa shape index (κ1) is 13.9. The fourth-order valence-electron chi connectivity index (χ4n) is 1.80. The fourth-order valence-corrected chi connectivity index (χ4v) is 2.61. The van der Waals surface area contributed by atoms with Crippen molar-refractivity contribution in [3.8, 4) is 0 Å². The van der Waals surface area contributed by atoms with Crippen molar-refractivity contribution in [1.29, 1.82) is 0 Å². The Labute approximate surface area is 117 Å². The van der Waals surface area contributed by atoms with Crippen LogP contribution >= 0.6 is 23.4 Å². The van der Waals surface area contributed by atoms with Crippen molar-refractivity contribution in [2.75, 3.05) is 18.2 Å². The van der Waals surface area contributed by atoms with E-state index in [1.54, 1.807) is 17.8 Å². The Bertz CT molecular complexity index is 410. The molecule has 1 saturated carbocycles. The lowest BCUT2D eigenvalue weighted by Gasteiger charge is -2.22. The molecule has 100 valence electrons. The number of hydrogen-bond donors (Lipinski definition) is 2. The van der Waals surface area contributed by atoms with Crippen LogP contribution in [0.1, 0.15) is 31.5 Å². The number of thioether (sulfide) groups is 1. The van der Waals surface area contributed by atoms with Crippen molar-refractivity contribution in [2.45, 2.75) is 37.0 Å². The van der Waals surface area contributed by atoms with Gasteiger partial charge in [-0.15, -0.1) is 0 Å². The number of aliphatic hydroxyl groups excluding tert-OH is 1. The van der Waals surface area contributed by atoms with E-state index >= 15 is 0 Å². The van der Waals surface area contributed by atoms with E-state index < -0.39 is 0 Å². The van der Waals surface area contributed by atoms with Gasteiger partial charge in [0.1, 0.15) is 16.8 Å². The van der Waals surface area contributed by atoms with E-state index in [4.69, 9.17) is 11.6 Å². The average molecular weight is 288 g/mol. The molecule has 1 aliphatic rings. The largest absolute Gasteiger partial charge is 0.395 e. The molecule has 4 nitrogen and oxygen atoms in total. The summed E-state index contributed by atoms with van der Waals surface area (Å²) in [5.41, 5.74) is 0. The second-order valence-corrected chi connectivity index (χ2v) is 6.06. The second kappa shape index (κ2) is 6.08. The van der Waals surface area contributed by atoms with Crippen LogP contribution in [0, 0.1) is 0 Å². The smallest absolute Gasteiger partial charge is 0.135 e. The van der Waals surface area contributed by atoms with Crippen LogP contribution in [-0.2, 0) is 0 Å².